The Labute approximate surface area is 76.9 Å². The van der Waals surface area contributed by atoms with E-state index in [1.165, 1.54) is 19.2 Å². The molecule has 1 aromatic rings. The molecule has 0 aliphatic heterocycles. The summed E-state index contributed by atoms with van der Waals surface area (Å²) in [5.41, 5.74) is 0.434. The Kier molecular flexibility index (Phi) is 2.58. The topological polar surface area (TPSA) is 63.6 Å². The molecule has 0 fully saturated rings. The first-order valence-electron chi connectivity index (χ1n) is 3.49. The Balaban J connectivity index is 3.36. The standard InChI is InChI=1S/C8H9O4S/c1-6-3-4-7(12-2)5-8(6)13(9,10)11/h3,5H,1-2H3,(H,9,10,11). The van der Waals surface area contributed by atoms with Gasteiger partial charge in [0.2, 0.25) is 0 Å². The van der Waals surface area contributed by atoms with Crippen LogP contribution < -0.4 is 4.74 Å². The van der Waals surface area contributed by atoms with Gasteiger partial charge in [-0.25, -0.2) is 0 Å². The van der Waals surface area contributed by atoms with Crippen molar-refractivity contribution in [1.82, 2.24) is 0 Å². The molecular formula is C8H9O4S. The van der Waals surface area contributed by atoms with Crippen molar-refractivity contribution in [2.75, 3.05) is 7.11 Å². The third-order valence-corrected chi connectivity index (χ3v) is 2.58. The molecule has 0 saturated carbocycles. The molecular weight excluding hydrogens is 192 g/mol. The van der Waals surface area contributed by atoms with Gasteiger partial charge in [-0.2, -0.15) is 8.42 Å². The van der Waals surface area contributed by atoms with E-state index >= 15 is 0 Å². The Morgan fingerprint density at radius 3 is 2.62 bits per heavy atom. The lowest BCUT2D eigenvalue weighted by Gasteiger charge is -2.04. The number of methoxy groups -OCH3 is 1. The number of rotatable bonds is 2. The Morgan fingerprint density at radius 1 is 1.54 bits per heavy atom. The highest BCUT2D eigenvalue weighted by atomic mass is 32.2. The molecule has 0 bridgehead atoms. The highest BCUT2D eigenvalue weighted by Gasteiger charge is 2.13. The number of hydrogen-bond acceptors (Lipinski definition) is 3. The molecule has 5 heteroatoms. The summed E-state index contributed by atoms with van der Waals surface area (Å²) >= 11 is 0. The average Bonchev–Trinajstić information content (AvgIpc) is 2.03. The summed E-state index contributed by atoms with van der Waals surface area (Å²) in [7, 11) is -2.77. The van der Waals surface area contributed by atoms with Crippen LogP contribution in [0.25, 0.3) is 0 Å². The van der Waals surface area contributed by atoms with Gasteiger partial charge in [-0.1, -0.05) is 0 Å². The summed E-state index contributed by atoms with van der Waals surface area (Å²) in [4.78, 5) is -0.150. The molecule has 0 aliphatic rings. The monoisotopic (exact) mass is 201 g/mol. The van der Waals surface area contributed by atoms with Crippen LogP contribution in [0.1, 0.15) is 5.56 Å². The zero-order valence-electron chi connectivity index (χ0n) is 7.23. The summed E-state index contributed by atoms with van der Waals surface area (Å²) in [6, 6.07) is 5.37. The van der Waals surface area contributed by atoms with Crippen LogP contribution >= 0.6 is 0 Å². The van der Waals surface area contributed by atoms with Crippen molar-refractivity contribution >= 4 is 10.1 Å². The molecule has 13 heavy (non-hydrogen) atoms. The smallest absolute Gasteiger partial charge is 0.294 e. The second kappa shape index (κ2) is 3.35. The number of hydrogen-bond donors (Lipinski definition) is 1. The van der Waals surface area contributed by atoms with E-state index in [4.69, 9.17) is 9.29 Å². The zero-order chi connectivity index (χ0) is 10.1. The molecule has 0 aromatic heterocycles. The van der Waals surface area contributed by atoms with Gasteiger partial charge in [0, 0.05) is 12.1 Å². The molecule has 4 nitrogen and oxygen atoms in total. The molecule has 71 valence electrons. The molecule has 1 radical (unpaired) electrons. The normalized spacial score (nSPS) is 11.3. The molecule has 1 N–H and O–H groups in total. The van der Waals surface area contributed by atoms with Crippen molar-refractivity contribution in [1.29, 1.82) is 0 Å². The average molecular weight is 201 g/mol. The van der Waals surface area contributed by atoms with Crippen molar-refractivity contribution in [3.05, 3.63) is 23.8 Å². The van der Waals surface area contributed by atoms with E-state index in [0.29, 0.717) is 5.56 Å². The number of aryl methyl sites for hydroxylation is 1. The molecule has 0 saturated heterocycles. The Morgan fingerprint density at radius 2 is 2.15 bits per heavy atom. The maximum absolute atomic E-state index is 10.8. The van der Waals surface area contributed by atoms with Crippen LogP contribution in [0.15, 0.2) is 17.0 Å². The summed E-state index contributed by atoms with van der Waals surface area (Å²) in [6.07, 6.45) is 0. The van der Waals surface area contributed by atoms with Crippen LogP contribution in [0.2, 0.25) is 0 Å². The van der Waals surface area contributed by atoms with Gasteiger partial charge in [-0.05, 0) is 18.6 Å². The van der Waals surface area contributed by atoms with Gasteiger partial charge >= 0.3 is 0 Å². The van der Waals surface area contributed by atoms with E-state index in [0.717, 1.165) is 0 Å². The quantitative estimate of drug-likeness (QED) is 0.726. The van der Waals surface area contributed by atoms with Crippen LogP contribution in [0, 0.1) is 13.0 Å². The van der Waals surface area contributed by atoms with Gasteiger partial charge < -0.3 is 4.74 Å². The van der Waals surface area contributed by atoms with Crippen LogP contribution in [0.5, 0.6) is 5.75 Å². The third kappa shape index (κ3) is 2.19. The van der Waals surface area contributed by atoms with E-state index in [-0.39, 0.29) is 10.6 Å². The summed E-state index contributed by atoms with van der Waals surface area (Å²) in [5.74, 6) is 0.276. The molecule has 1 rings (SSSR count). The second-order valence-electron chi connectivity index (χ2n) is 2.52. The van der Waals surface area contributed by atoms with Gasteiger partial charge in [0.05, 0.1) is 7.11 Å². The van der Waals surface area contributed by atoms with Crippen molar-refractivity contribution in [2.24, 2.45) is 0 Å². The first kappa shape index (κ1) is 10.0. The first-order valence-corrected chi connectivity index (χ1v) is 4.93. The van der Waals surface area contributed by atoms with Gasteiger partial charge in [-0.15, -0.1) is 0 Å². The molecule has 1 aromatic carbocycles. The summed E-state index contributed by atoms with van der Waals surface area (Å²) in [6.45, 7) is 1.57. The highest BCUT2D eigenvalue weighted by molar-refractivity contribution is 7.85. The molecule has 0 spiro atoms. The molecule has 0 heterocycles. The maximum atomic E-state index is 10.8. The second-order valence-corrected chi connectivity index (χ2v) is 3.91. The minimum absolute atomic E-state index is 0.150. The van der Waals surface area contributed by atoms with Crippen molar-refractivity contribution in [3.63, 3.8) is 0 Å². The minimum Gasteiger partial charge on any atom is -0.496 e. The van der Waals surface area contributed by atoms with Crippen molar-refractivity contribution in [2.45, 2.75) is 11.8 Å². The van der Waals surface area contributed by atoms with Gasteiger partial charge in [0.1, 0.15) is 10.6 Å². The Hall–Kier alpha value is -1.07. The lowest BCUT2D eigenvalue weighted by atomic mass is 10.2. The first-order chi connectivity index (χ1) is 5.95. The van der Waals surface area contributed by atoms with Gasteiger partial charge in [0.15, 0.2) is 0 Å². The highest BCUT2D eigenvalue weighted by Crippen LogP contribution is 2.20. The van der Waals surface area contributed by atoms with Crippen molar-refractivity contribution < 1.29 is 17.7 Å². The van der Waals surface area contributed by atoms with E-state index < -0.39 is 10.1 Å². The lowest BCUT2D eigenvalue weighted by Crippen LogP contribution is -2.01. The van der Waals surface area contributed by atoms with Crippen LogP contribution in [-0.4, -0.2) is 20.1 Å². The van der Waals surface area contributed by atoms with Crippen LogP contribution in [-0.2, 0) is 10.1 Å². The fraction of sp³-hybridized carbons (Fsp3) is 0.250. The molecule has 0 unspecified atom stereocenters. The number of ether oxygens (including phenoxy) is 1. The van der Waals surface area contributed by atoms with Gasteiger partial charge in [0.25, 0.3) is 10.1 Å². The van der Waals surface area contributed by atoms with Crippen LogP contribution in [0.3, 0.4) is 0 Å². The summed E-state index contributed by atoms with van der Waals surface area (Å²) in [5, 5.41) is 0. The van der Waals surface area contributed by atoms with E-state index in [2.05, 4.69) is 6.07 Å². The largest absolute Gasteiger partial charge is 0.496 e. The third-order valence-electron chi connectivity index (χ3n) is 1.58. The van der Waals surface area contributed by atoms with E-state index in [9.17, 15) is 8.42 Å². The van der Waals surface area contributed by atoms with Gasteiger partial charge in [-0.3, -0.25) is 4.55 Å². The zero-order valence-corrected chi connectivity index (χ0v) is 8.05. The molecule has 0 atom stereocenters. The SMILES string of the molecule is COc1[c]cc(C)c(S(=O)(=O)O)c1. The fourth-order valence-corrected chi connectivity index (χ4v) is 1.64. The van der Waals surface area contributed by atoms with Crippen LogP contribution in [0.4, 0.5) is 0 Å². The minimum atomic E-state index is -4.17. The predicted molar refractivity (Wildman–Crippen MR) is 46.4 cm³/mol. The fourth-order valence-electron chi connectivity index (χ4n) is 0.921. The predicted octanol–water partition coefficient (Wildman–Crippen LogP) is 1.05. The molecule has 0 amide bonds. The maximum Gasteiger partial charge on any atom is 0.294 e. The summed E-state index contributed by atoms with van der Waals surface area (Å²) < 4.78 is 35.2. The van der Waals surface area contributed by atoms with E-state index in [1.54, 1.807) is 6.92 Å². The Bertz CT molecular complexity index is 408. The van der Waals surface area contributed by atoms with E-state index in [1.807, 2.05) is 0 Å². The number of benzene rings is 1. The van der Waals surface area contributed by atoms with Crippen molar-refractivity contribution in [3.8, 4) is 5.75 Å². The molecule has 0 aliphatic carbocycles. The lowest BCUT2D eigenvalue weighted by molar-refractivity contribution is 0.411.